The third kappa shape index (κ3) is 5.08. The van der Waals surface area contributed by atoms with Crippen LogP contribution >= 0.6 is 0 Å². The molecule has 3 saturated carbocycles. The number of aromatic nitrogens is 4. The first-order valence-electron chi connectivity index (χ1n) is 15.1. The van der Waals surface area contributed by atoms with E-state index >= 15 is 0 Å². The van der Waals surface area contributed by atoms with Gasteiger partial charge in [-0.25, -0.2) is 0 Å². The Kier molecular flexibility index (Phi) is 7.02. The van der Waals surface area contributed by atoms with Crippen molar-refractivity contribution in [1.29, 1.82) is 0 Å². The number of rotatable bonds is 12. The van der Waals surface area contributed by atoms with E-state index in [-0.39, 0.29) is 17.2 Å². The summed E-state index contributed by atoms with van der Waals surface area (Å²) in [4.78, 5) is 26.6. The molecule has 3 aromatic rings. The first kappa shape index (κ1) is 27.7. The Balaban J connectivity index is 1.23. The standard InChI is InChI=1S/C32H42N6O3/c1-30(2,29-37-36-28(41-29)22-9-6-10-22)23-11-13-24(14-12-23)33-19-32(20-39,35-27(40)25-15-18-34-38(25)4)26(21-7-5-8-21)31(3)16-17-31/h11-15,18,20-22,26,33H,5-10,16-17,19H2,1-4H3,(H,35,40). The Bertz CT molecular complexity index is 1400. The smallest absolute Gasteiger partial charge is 0.270 e. The molecule has 3 fully saturated rings. The molecule has 2 heterocycles. The first-order chi connectivity index (χ1) is 19.6. The van der Waals surface area contributed by atoms with E-state index in [0.29, 0.717) is 30.0 Å². The molecule has 3 aliphatic carbocycles. The maximum absolute atomic E-state index is 13.5. The molecule has 0 aliphatic heterocycles. The average molecular weight is 559 g/mol. The normalized spacial score (nSPS) is 20.8. The fourth-order valence-electron chi connectivity index (χ4n) is 6.83. The van der Waals surface area contributed by atoms with Crippen LogP contribution in [0.4, 0.5) is 5.69 Å². The van der Waals surface area contributed by atoms with Gasteiger partial charge in [0, 0.05) is 31.4 Å². The van der Waals surface area contributed by atoms with Gasteiger partial charge in [0.25, 0.3) is 5.91 Å². The van der Waals surface area contributed by atoms with Gasteiger partial charge in [0.05, 0.1) is 5.41 Å². The van der Waals surface area contributed by atoms with Gasteiger partial charge in [0.2, 0.25) is 11.8 Å². The molecule has 2 unspecified atom stereocenters. The molecule has 9 heteroatoms. The van der Waals surface area contributed by atoms with E-state index in [0.717, 1.165) is 62.0 Å². The van der Waals surface area contributed by atoms with Crippen molar-refractivity contribution >= 4 is 17.9 Å². The molecule has 2 N–H and O–H groups in total. The molecule has 0 bridgehead atoms. The van der Waals surface area contributed by atoms with Crippen molar-refractivity contribution in [2.75, 3.05) is 11.9 Å². The summed E-state index contributed by atoms with van der Waals surface area (Å²) in [7, 11) is 1.74. The number of aryl methyl sites for hydroxylation is 1. The summed E-state index contributed by atoms with van der Waals surface area (Å²) in [6.45, 7) is 6.78. The monoisotopic (exact) mass is 558 g/mol. The summed E-state index contributed by atoms with van der Waals surface area (Å²) in [5.41, 5.74) is 0.960. The number of carbonyl (C=O) groups is 2. The second kappa shape index (κ2) is 10.4. The zero-order valence-corrected chi connectivity index (χ0v) is 24.7. The Labute approximate surface area is 241 Å². The van der Waals surface area contributed by atoms with Gasteiger partial charge in [-0.05, 0) is 80.5 Å². The number of hydrogen-bond donors (Lipinski definition) is 2. The molecule has 3 aliphatic rings. The number of carbonyl (C=O) groups excluding carboxylic acids is 2. The van der Waals surface area contributed by atoms with Gasteiger partial charge in [-0.2, -0.15) is 5.10 Å². The lowest BCUT2D eigenvalue weighted by Gasteiger charge is -2.48. The van der Waals surface area contributed by atoms with Crippen LogP contribution in [-0.4, -0.2) is 44.3 Å². The van der Waals surface area contributed by atoms with Crippen LogP contribution in [0, 0.1) is 17.3 Å². The molecule has 2 atom stereocenters. The maximum atomic E-state index is 13.5. The van der Waals surface area contributed by atoms with Crippen molar-refractivity contribution in [3.63, 3.8) is 0 Å². The minimum Gasteiger partial charge on any atom is -0.424 e. The summed E-state index contributed by atoms with van der Waals surface area (Å²) < 4.78 is 7.65. The van der Waals surface area contributed by atoms with Crippen LogP contribution in [0.25, 0.3) is 0 Å². The Morgan fingerprint density at radius 3 is 2.37 bits per heavy atom. The van der Waals surface area contributed by atoms with Crippen LogP contribution in [-0.2, 0) is 17.3 Å². The number of amides is 1. The van der Waals surface area contributed by atoms with E-state index < -0.39 is 11.0 Å². The zero-order valence-electron chi connectivity index (χ0n) is 24.7. The van der Waals surface area contributed by atoms with Crippen molar-refractivity contribution in [3.8, 4) is 0 Å². The Morgan fingerprint density at radius 1 is 1.12 bits per heavy atom. The van der Waals surface area contributed by atoms with E-state index in [2.05, 4.69) is 58.8 Å². The number of nitrogens with one attached hydrogen (secondary N) is 2. The van der Waals surface area contributed by atoms with Crippen LogP contribution in [0.2, 0.25) is 0 Å². The topological polar surface area (TPSA) is 115 Å². The Hall–Kier alpha value is -3.49. The van der Waals surface area contributed by atoms with Gasteiger partial charge in [0.1, 0.15) is 17.5 Å². The largest absolute Gasteiger partial charge is 0.424 e. The highest BCUT2D eigenvalue weighted by molar-refractivity contribution is 5.95. The molecule has 1 aromatic carbocycles. The van der Waals surface area contributed by atoms with E-state index in [1.165, 1.54) is 12.8 Å². The fraction of sp³-hybridized carbons (Fsp3) is 0.594. The zero-order chi connectivity index (χ0) is 28.8. The number of aldehydes is 1. The van der Waals surface area contributed by atoms with Gasteiger partial charge in [0.15, 0.2) is 0 Å². The van der Waals surface area contributed by atoms with Crippen LogP contribution in [0.5, 0.6) is 0 Å². The molecule has 218 valence electrons. The molecule has 2 aromatic heterocycles. The van der Waals surface area contributed by atoms with E-state index in [1.54, 1.807) is 24.0 Å². The molecule has 6 rings (SSSR count). The summed E-state index contributed by atoms with van der Waals surface area (Å²) >= 11 is 0. The van der Waals surface area contributed by atoms with Crippen molar-refractivity contribution < 1.29 is 14.0 Å². The highest BCUT2D eigenvalue weighted by atomic mass is 16.4. The number of anilines is 1. The molecule has 0 spiro atoms. The molecular weight excluding hydrogens is 516 g/mol. The molecule has 41 heavy (non-hydrogen) atoms. The van der Waals surface area contributed by atoms with Gasteiger partial charge in [-0.15, -0.1) is 10.2 Å². The third-order valence-corrected chi connectivity index (χ3v) is 10.2. The van der Waals surface area contributed by atoms with Crippen molar-refractivity contribution in [2.45, 2.75) is 89.0 Å². The quantitative estimate of drug-likeness (QED) is 0.286. The number of benzene rings is 1. The number of hydrogen-bond acceptors (Lipinski definition) is 7. The second-order valence-corrected chi connectivity index (χ2v) is 13.4. The molecule has 0 radical (unpaired) electrons. The third-order valence-electron chi connectivity index (χ3n) is 10.2. The summed E-state index contributed by atoms with van der Waals surface area (Å²) in [5.74, 6) is 1.98. The lowest BCUT2D eigenvalue weighted by molar-refractivity contribution is -0.117. The van der Waals surface area contributed by atoms with E-state index in [9.17, 15) is 9.59 Å². The average Bonchev–Trinajstić information content (AvgIpc) is 3.25. The van der Waals surface area contributed by atoms with E-state index in [4.69, 9.17) is 4.42 Å². The minimum atomic E-state index is -1.04. The predicted octanol–water partition coefficient (Wildman–Crippen LogP) is 5.39. The van der Waals surface area contributed by atoms with Crippen molar-refractivity contribution in [2.24, 2.45) is 24.3 Å². The molecular formula is C32H42N6O3. The van der Waals surface area contributed by atoms with Crippen LogP contribution in [0.1, 0.15) is 106 Å². The highest BCUT2D eigenvalue weighted by Crippen LogP contribution is 2.60. The van der Waals surface area contributed by atoms with Gasteiger partial charge < -0.3 is 19.8 Å². The predicted molar refractivity (Wildman–Crippen MR) is 156 cm³/mol. The Morgan fingerprint density at radius 2 is 1.83 bits per heavy atom. The van der Waals surface area contributed by atoms with Crippen LogP contribution in [0.3, 0.4) is 0 Å². The second-order valence-electron chi connectivity index (χ2n) is 13.4. The number of nitrogens with zero attached hydrogens (tertiary/aromatic N) is 4. The lowest BCUT2D eigenvalue weighted by Crippen LogP contribution is -2.64. The first-order valence-corrected chi connectivity index (χ1v) is 15.1. The molecule has 9 nitrogen and oxygen atoms in total. The lowest BCUT2D eigenvalue weighted by atomic mass is 9.61. The summed E-state index contributed by atoms with van der Waals surface area (Å²) in [6, 6.07) is 9.87. The SMILES string of the molecule is Cn1nccc1C(=O)NC(C=O)(CNc1ccc(C(C)(C)c2nnc(C3CCC3)o2)cc1)C(C1CCC1)C1(C)CC1. The summed E-state index contributed by atoms with van der Waals surface area (Å²) in [6.07, 6.45) is 11.6. The van der Waals surface area contributed by atoms with Crippen molar-refractivity contribution in [1.82, 2.24) is 25.3 Å². The molecule has 1 amide bonds. The summed E-state index contributed by atoms with van der Waals surface area (Å²) in [5, 5.41) is 19.6. The molecule has 0 saturated heterocycles. The van der Waals surface area contributed by atoms with Crippen LogP contribution < -0.4 is 10.6 Å². The van der Waals surface area contributed by atoms with Gasteiger partial charge in [-0.1, -0.05) is 44.7 Å². The van der Waals surface area contributed by atoms with Crippen molar-refractivity contribution in [3.05, 3.63) is 59.6 Å². The highest BCUT2D eigenvalue weighted by Gasteiger charge is 2.58. The van der Waals surface area contributed by atoms with E-state index in [1.807, 2.05) is 12.1 Å². The van der Waals surface area contributed by atoms with Gasteiger partial charge >= 0.3 is 0 Å². The van der Waals surface area contributed by atoms with Crippen LogP contribution in [0.15, 0.2) is 40.9 Å². The fourth-order valence-corrected chi connectivity index (χ4v) is 6.83. The minimum absolute atomic E-state index is 0.0453. The van der Waals surface area contributed by atoms with Gasteiger partial charge in [-0.3, -0.25) is 9.48 Å². The maximum Gasteiger partial charge on any atom is 0.270 e.